The van der Waals surface area contributed by atoms with Crippen molar-refractivity contribution in [2.45, 2.75) is 33.3 Å². The van der Waals surface area contributed by atoms with Gasteiger partial charge in [0.25, 0.3) is 0 Å². The molecule has 0 spiro atoms. The van der Waals surface area contributed by atoms with Gasteiger partial charge in [0.15, 0.2) is 0 Å². The second-order valence-corrected chi connectivity index (χ2v) is 5.13. The van der Waals surface area contributed by atoms with Gasteiger partial charge in [0.1, 0.15) is 0 Å². The third kappa shape index (κ3) is 3.21. The van der Waals surface area contributed by atoms with E-state index >= 15 is 0 Å². The summed E-state index contributed by atoms with van der Waals surface area (Å²) in [5, 5.41) is 10.2. The molecule has 0 saturated carbocycles. The first kappa shape index (κ1) is 12.8. The SMILES string of the molecule is Cc1ccc(C(O)Cc2cc(C)cc(C)c2)cc1. The Morgan fingerprint density at radius 1 is 0.833 bits per heavy atom. The quantitative estimate of drug-likeness (QED) is 0.863. The molecule has 1 heteroatoms. The molecule has 0 aliphatic rings. The Labute approximate surface area is 109 Å². The van der Waals surface area contributed by atoms with Crippen LogP contribution in [0.4, 0.5) is 0 Å². The van der Waals surface area contributed by atoms with Crippen molar-refractivity contribution in [3.8, 4) is 0 Å². The van der Waals surface area contributed by atoms with Gasteiger partial charge in [-0.3, -0.25) is 0 Å². The Morgan fingerprint density at radius 3 is 1.94 bits per heavy atom. The van der Waals surface area contributed by atoms with Gasteiger partial charge >= 0.3 is 0 Å². The molecule has 0 heterocycles. The van der Waals surface area contributed by atoms with Crippen molar-refractivity contribution in [2.24, 2.45) is 0 Å². The summed E-state index contributed by atoms with van der Waals surface area (Å²) < 4.78 is 0. The van der Waals surface area contributed by atoms with Gasteiger partial charge in [-0.1, -0.05) is 59.2 Å². The predicted molar refractivity (Wildman–Crippen MR) is 75.8 cm³/mol. The summed E-state index contributed by atoms with van der Waals surface area (Å²) in [6.45, 7) is 6.24. The number of benzene rings is 2. The van der Waals surface area contributed by atoms with Crippen LogP contribution >= 0.6 is 0 Å². The molecule has 0 radical (unpaired) electrons. The topological polar surface area (TPSA) is 20.2 Å². The van der Waals surface area contributed by atoms with Crippen LogP contribution in [0.1, 0.15) is 33.9 Å². The molecule has 18 heavy (non-hydrogen) atoms. The first-order valence-electron chi connectivity index (χ1n) is 6.36. The number of hydrogen-bond acceptors (Lipinski definition) is 1. The number of aliphatic hydroxyl groups is 1. The van der Waals surface area contributed by atoms with Gasteiger partial charge < -0.3 is 5.11 Å². The monoisotopic (exact) mass is 240 g/mol. The van der Waals surface area contributed by atoms with Crippen LogP contribution in [0.25, 0.3) is 0 Å². The first-order chi connectivity index (χ1) is 8.54. The first-order valence-corrected chi connectivity index (χ1v) is 6.36. The molecule has 2 aromatic rings. The van der Waals surface area contributed by atoms with Crippen LogP contribution in [0.15, 0.2) is 42.5 Å². The fourth-order valence-electron chi connectivity index (χ4n) is 2.32. The largest absolute Gasteiger partial charge is 0.388 e. The predicted octanol–water partition coefficient (Wildman–Crippen LogP) is 3.89. The van der Waals surface area contributed by atoms with Crippen LogP contribution in [0.3, 0.4) is 0 Å². The highest BCUT2D eigenvalue weighted by Crippen LogP contribution is 2.20. The lowest BCUT2D eigenvalue weighted by Gasteiger charge is -2.12. The fourth-order valence-corrected chi connectivity index (χ4v) is 2.32. The third-order valence-electron chi connectivity index (χ3n) is 3.17. The van der Waals surface area contributed by atoms with Crippen LogP contribution < -0.4 is 0 Å². The van der Waals surface area contributed by atoms with Crippen molar-refractivity contribution in [2.75, 3.05) is 0 Å². The van der Waals surface area contributed by atoms with E-state index in [0.29, 0.717) is 6.42 Å². The molecule has 0 aromatic heterocycles. The normalized spacial score (nSPS) is 12.4. The second-order valence-electron chi connectivity index (χ2n) is 5.13. The zero-order valence-electron chi connectivity index (χ0n) is 11.3. The Bertz CT molecular complexity index is 506. The highest BCUT2D eigenvalue weighted by molar-refractivity contribution is 5.31. The average molecular weight is 240 g/mol. The molecule has 1 nitrogen and oxygen atoms in total. The van der Waals surface area contributed by atoms with E-state index in [1.807, 2.05) is 24.3 Å². The lowest BCUT2D eigenvalue weighted by atomic mass is 9.98. The van der Waals surface area contributed by atoms with Gasteiger partial charge in [0, 0.05) is 6.42 Å². The minimum Gasteiger partial charge on any atom is -0.388 e. The Kier molecular flexibility index (Phi) is 3.83. The van der Waals surface area contributed by atoms with Crippen molar-refractivity contribution >= 4 is 0 Å². The number of aryl methyl sites for hydroxylation is 3. The van der Waals surface area contributed by atoms with Crippen molar-refractivity contribution in [1.82, 2.24) is 0 Å². The van der Waals surface area contributed by atoms with Crippen LogP contribution in [0.2, 0.25) is 0 Å². The molecule has 2 aromatic carbocycles. The van der Waals surface area contributed by atoms with Gasteiger partial charge in [-0.05, 0) is 31.9 Å². The minimum absolute atomic E-state index is 0.424. The van der Waals surface area contributed by atoms with E-state index in [9.17, 15) is 5.11 Å². The zero-order valence-corrected chi connectivity index (χ0v) is 11.3. The van der Waals surface area contributed by atoms with Crippen molar-refractivity contribution < 1.29 is 5.11 Å². The summed E-state index contributed by atoms with van der Waals surface area (Å²) in [6, 6.07) is 14.5. The third-order valence-corrected chi connectivity index (χ3v) is 3.17. The van der Waals surface area contributed by atoms with E-state index in [0.717, 1.165) is 5.56 Å². The van der Waals surface area contributed by atoms with E-state index in [1.54, 1.807) is 0 Å². The van der Waals surface area contributed by atoms with Gasteiger partial charge in [0.05, 0.1) is 6.10 Å². The summed E-state index contributed by atoms with van der Waals surface area (Å²) in [5.41, 5.74) is 5.90. The van der Waals surface area contributed by atoms with E-state index in [2.05, 4.69) is 39.0 Å². The van der Waals surface area contributed by atoms with Crippen molar-refractivity contribution in [3.63, 3.8) is 0 Å². The lowest BCUT2D eigenvalue weighted by Crippen LogP contribution is -2.02. The van der Waals surface area contributed by atoms with E-state index in [4.69, 9.17) is 0 Å². The van der Waals surface area contributed by atoms with Crippen molar-refractivity contribution in [1.29, 1.82) is 0 Å². The van der Waals surface area contributed by atoms with Gasteiger partial charge in [-0.25, -0.2) is 0 Å². The molecule has 1 atom stereocenters. The minimum atomic E-state index is -0.424. The highest BCUT2D eigenvalue weighted by Gasteiger charge is 2.08. The van der Waals surface area contributed by atoms with E-state index in [-0.39, 0.29) is 0 Å². The molecule has 1 N–H and O–H groups in total. The molecule has 2 rings (SSSR count). The van der Waals surface area contributed by atoms with E-state index < -0.39 is 6.10 Å². The Hall–Kier alpha value is -1.60. The Balaban J connectivity index is 2.15. The molecule has 0 aliphatic heterocycles. The maximum absolute atomic E-state index is 10.2. The number of rotatable bonds is 3. The van der Waals surface area contributed by atoms with E-state index in [1.165, 1.54) is 22.3 Å². The maximum atomic E-state index is 10.2. The van der Waals surface area contributed by atoms with Crippen LogP contribution in [-0.4, -0.2) is 5.11 Å². The van der Waals surface area contributed by atoms with Gasteiger partial charge in [-0.15, -0.1) is 0 Å². The molecular weight excluding hydrogens is 220 g/mol. The summed E-state index contributed by atoms with van der Waals surface area (Å²) in [6.07, 6.45) is 0.248. The maximum Gasteiger partial charge on any atom is 0.0830 e. The second kappa shape index (κ2) is 5.36. The summed E-state index contributed by atoms with van der Waals surface area (Å²) in [5.74, 6) is 0. The van der Waals surface area contributed by atoms with Crippen LogP contribution in [-0.2, 0) is 6.42 Å². The molecule has 94 valence electrons. The average Bonchev–Trinajstić information content (AvgIpc) is 2.28. The molecule has 1 unspecified atom stereocenters. The van der Waals surface area contributed by atoms with Crippen molar-refractivity contribution in [3.05, 3.63) is 70.3 Å². The smallest absolute Gasteiger partial charge is 0.0830 e. The summed E-state index contributed by atoms with van der Waals surface area (Å²) in [7, 11) is 0. The standard InChI is InChI=1S/C17H20O/c1-12-4-6-16(7-5-12)17(18)11-15-9-13(2)8-14(3)10-15/h4-10,17-18H,11H2,1-3H3. The Morgan fingerprint density at radius 2 is 1.39 bits per heavy atom. The van der Waals surface area contributed by atoms with Crippen LogP contribution in [0.5, 0.6) is 0 Å². The number of aliphatic hydroxyl groups excluding tert-OH is 1. The number of hydrogen-bond donors (Lipinski definition) is 1. The summed E-state index contributed by atoms with van der Waals surface area (Å²) >= 11 is 0. The molecule has 0 saturated heterocycles. The fraction of sp³-hybridized carbons (Fsp3) is 0.294. The van der Waals surface area contributed by atoms with Gasteiger partial charge in [-0.2, -0.15) is 0 Å². The zero-order chi connectivity index (χ0) is 13.1. The van der Waals surface area contributed by atoms with Crippen LogP contribution in [0, 0.1) is 20.8 Å². The lowest BCUT2D eigenvalue weighted by molar-refractivity contribution is 0.178. The molecule has 0 amide bonds. The molecule has 0 aliphatic carbocycles. The molecule has 0 fully saturated rings. The summed E-state index contributed by atoms with van der Waals surface area (Å²) in [4.78, 5) is 0. The van der Waals surface area contributed by atoms with Gasteiger partial charge in [0.2, 0.25) is 0 Å². The molecular formula is C17H20O. The molecule has 0 bridgehead atoms. The highest BCUT2D eigenvalue weighted by atomic mass is 16.3.